The Labute approximate surface area is 165 Å². The number of methoxy groups -OCH3 is 2. The average molecular weight is 385 g/mol. The van der Waals surface area contributed by atoms with Gasteiger partial charge in [0.2, 0.25) is 5.91 Å². The van der Waals surface area contributed by atoms with Crippen LogP contribution in [0.5, 0.6) is 5.75 Å². The first-order valence-electron chi connectivity index (χ1n) is 9.48. The first-order valence-corrected chi connectivity index (χ1v) is 9.48. The zero-order chi connectivity index (χ0) is 20.4. The number of fused-ring (bicyclic) bond motifs is 1. The fraction of sp³-hybridized carbons (Fsp3) is 0.455. The van der Waals surface area contributed by atoms with Crippen molar-refractivity contribution in [1.82, 2.24) is 4.90 Å². The smallest absolute Gasteiger partial charge is 0.308 e. The molecule has 0 N–H and O–H groups in total. The van der Waals surface area contributed by atoms with E-state index in [1.165, 1.54) is 7.11 Å². The maximum absolute atomic E-state index is 12.8. The number of benzene rings is 1. The maximum atomic E-state index is 12.8. The normalized spacial score (nSPS) is 15.8. The van der Waals surface area contributed by atoms with Crippen LogP contribution in [0, 0.1) is 19.8 Å². The minimum atomic E-state index is -0.192. The van der Waals surface area contributed by atoms with Gasteiger partial charge < -0.3 is 18.8 Å². The van der Waals surface area contributed by atoms with Crippen LogP contribution in [0.1, 0.15) is 36.5 Å². The Morgan fingerprint density at radius 2 is 1.89 bits per heavy atom. The summed E-state index contributed by atoms with van der Waals surface area (Å²) in [4.78, 5) is 26.2. The summed E-state index contributed by atoms with van der Waals surface area (Å²) in [6.07, 6.45) is 4.65. The molecule has 0 bridgehead atoms. The average Bonchev–Trinajstić information content (AvgIpc) is 3.08. The zero-order valence-electron chi connectivity index (χ0n) is 17.1. The lowest BCUT2D eigenvalue weighted by atomic mass is 9.96. The Hall–Kier alpha value is -2.76. The molecule has 0 atom stereocenters. The van der Waals surface area contributed by atoms with Gasteiger partial charge in [-0.2, -0.15) is 0 Å². The number of furan rings is 1. The molecule has 3 rings (SSSR count). The van der Waals surface area contributed by atoms with Crippen molar-refractivity contribution in [2.75, 3.05) is 27.3 Å². The molecule has 0 radical (unpaired) electrons. The second-order valence-electron chi connectivity index (χ2n) is 7.33. The fourth-order valence-electron chi connectivity index (χ4n) is 3.85. The van der Waals surface area contributed by atoms with Gasteiger partial charge in [0.15, 0.2) is 0 Å². The van der Waals surface area contributed by atoms with Gasteiger partial charge in [-0.25, -0.2) is 0 Å². The van der Waals surface area contributed by atoms with Crippen LogP contribution in [0.15, 0.2) is 22.8 Å². The molecule has 150 valence electrons. The Morgan fingerprint density at radius 1 is 1.21 bits per heavy atom. The standard InChI is InChI=1S/C22H27NO5/c1-13(10-19(24)23-8-6-16(7-9-23)22(25)27-5)17-11-18-14(2)12-28-21(18)15(3)20(17)26-4/h10-12,16H,6-9H2,1-5H3/b13-10+. The molecule has 28 heavy (non-hydrogen) atoms. The van der Waals surface area contributed by atoms with Crippen LogP contribution < -0.4 is 4.74 Å². The highest BCUT2D eigenvalue weighted by Gasteiger charge is 2.27. The first-order chi connectivity index (χ1) is 13.4. The van der Waals surface area contributed by atoms with Crippen molar-refractivity contribution in [1.29, 1.82) is 0 Å². The fourth-order valence-corrected chi connectivity index (χ4v) is 3.85. The van der Waals surface area contributed by atoms with Crippen LogP contribution in [0.3, 0.4) is 0 Å². The molecule has 1 aromatic heterocycles. The Morgan fingerprint density at radius 3 is 2.50 bits per heavy atom. The first kappa shape index (κ1) is 20.0. The third-order valence-corrected chi connectivity index (χ3v) is 5.55. The minimum absolute atomic E-state index is 0.0514. The van der Waals surface area contributed by atoms with Gasteiger partial charge in [-0.3, -0.25) is 9.59 Å². The molecule has 1 fully saturated rings. The number of rotatable bonds is 4. The van der Waals surface area contributed by atoms with Gasteiger partial charge in [-0.1, -0.05) is 0 Å². The number of aryl methyl sites for hydroxylation is 2. The number of nitrogens with zero attached hydrogens (tertiary/aromatic N) is 1. The van der Waals surface area contributed by atoms with Crippen molar-refractivity contribution in [3.63, 3.8) is 0 Å². The topological polar surface area (TPSA) is 69.0 Å². The van der Waals surface area contributed by atoms with Gasteiger partial charge in [0.1, 0.15) is 11.3 Å². The second kappa shape index (κ2) is 8.09. The highest BCUT2D eigenvalue weighted by molar-refractivity contribution is 5.98. The van der Waals surface area contributed by atoms with Gasteiger partial charge in [0.25, 0.3) is 0 Å². The number of likely N-dealkylation sites (tertiary alicyclic amines) is 1. The van der Waals surface area contributed by atoms with E-state index in [9.17, 15) is 9.59 Å². The van der Waals surface area contributed by atoms with E-state index in [2.05, 4.69) is 0 Å². The highest BCUT2D eigenvalue weighted by Crippen LogP contribution is 2.37. The molecule has 0 spiro atoms. The lowest BCUT2D eigenvalue weighted by molar-refractivity contribution is -0.148. The number of hydrogen-bond acceptors (Lipinski definition) is 5. The summed E-state index contributed by atoms with van der Waals surface area (Å²) in [5, 5.41) is 1.02. The zero-order valence-corrected chi connectivity index (χ0v) is 17.1. The van der Waals surface area contributed by atoms with Gasteiger partial charge >= 0.3 is 5.97 Å². The summed E-state index contributed by atoms with van der Waals surface area (Å²) in [5.74, 6) is 0.355. The summed E-state index contributed by atoms with van der Waals surface area (Å²) in [7, 11) is 3.03. The predicted octanol–water partition coefficient (Wildman–Crippen LogP) is 3.87. The van der Waals surface area contributed by atoms with E-state index in [1.807, 2.05) is 26.8 Å². The maximum Gasteiger partial charge on any atom is 0.308 e. The van der Waals surface area contributed by atoms with Crippen LogP contribution in [0.4, 0.5) is 0 Å². The molecule has 1 aliphatic rings. The number of esters is 1. The van der Waals surface area contributed by atoms with Gasteiger partial charge in [-0.05, 0) is 50.8 Å². The van der Waals surface area contributed by atoms with Crippen LogP contribution in [0.2, 0.25) is 0 Å². The van der Waals surface area contributed by atoms with E-state index >= 15 is 0 Å². The highest BCUT2D eigenvalue weighted by atomic mass is 16.5. The predicted molar refractivity (Wildman–Crippen MR) is 107 cm³/mol. The molecule has 2 aromatic rings. The number of amides is 1. The molecular formula is C22H27NO5. The Bertz CT molecular complexity index is 932. The summed E-state index contributed by atoms with van der Waals surface area (Å²) < 4.78 is 16.1. The number of piperidine rings is 1. The van der Waals surface area contributed by atoms with Crippen molar-refractivity contribution >= 4 is 28.4 Å². The minimum Gasteiger partial charge on any atom is -0.496 e. The SMILES string of the molecule is COC(=O)C1CCN(C(=O)/C=C(\C)c2cc3c(C)coc3c(C)c2OC)CC1. The van der Waals surface area contributed by atoms with E-state index in [4.69, 9.17) is 13.9 Å². The molecule has 1 amide bonds. The summed E-state index contributed by atoms with van der Waals surface area (Å²) in [5.41, 5.74) is 4.49. The van der Waals surface area contributed by atoms with Crippen molar-refractivity contribution in [3.05, 3.63) is 35.1 Å². The molecule has 0 saturated carbocycles. The number of carbonyl (C=O) groups is 2. The Balaban J connectivity index is 1.84. The number of ether oxygens (including phenoxy) is 2. The van der Waals surface area contributed by atoms with Gasteiger partial charge in [-0.15, -0.1) is 0 Å². The molecule has 6 heteroatoms. The molecule has 1 aliphatic heterocycles. The third kappa shape index (κ3) is 3.63. The third-order valence-electron chi connectivity index (χ3n) is 5.55. The molecule has 0 unspecified atom stereocenters. The number of allylic oxidation sites excluding steroid dienone is 1. The van der Waals surface area contributed by atoms with Crippen LogP contribution in [-0.4, -0.2) is 44.1 Å². The second-order valence-corrected chi connectivity index (χ2v) is 7.33. The molecular weight excluding hydrogens is 358 g/mol. The largest absolute Gasteiger partial charge is 0.496 e. The molecule has 6 nitrogen and oxygen atoms in total. The number of carbonyl (C=O) groups excluding carboxylic acids is 2. The number of hydrogen-bond donors (Lipinski definition) is 0. The van der Waals surface area contributed by atoms with Crippen molar-refractivity contribution in [3.8, 4) is 5.75 Å². The summed E-state index contributed by atoms with van der Waals surface area (Å²) in [6.45, 7) is 6.98. The Kier molecular flexibility index (Phi) is 5.77. The monoisotopic (exact) mass is 385 g/mol. The van der Waals surface area contributed by atoms with E-state index in [1.54, 1.807) is 24.3 Å². The van der Waals surface area contributed by atoms with E-state index in [-0.39, 0.29) is 17.8 Å². The van der Waals surface area contributed by atoms with Crippen LogP contribution in [0.25, 0.3) is 16.5 Å². The molecule has 0 aliphatic carbocycles. The quantitative estimate of drug-likeness (QED) is 0.590. The van der Waals surface area contributed by atoms with Crippen molar-refractivity contribution in [2.24, 2.45) is 5.92 Å². The van der Waals surface area contributed by atoms with Crippen LogP contribution in [-0.2, 0) is 14.3 Å². The molecule has 2 heterocycles. The lowest BCUT2D eigenvalue weighted by Crippen LogP contribution is -2.39. The van der Waals surface area contributed by atoms with Crippen molar-refractivity contribution in [2.45, 2.75) is 33.6 Å². The van der Waals surface area contributed by atoms with Crippen molar-refractivity contribution < 1.29 is 23.5 Å². The lowest BCUT2D eigenvalue weighted by Gasteiger charge is -2.30. The van der Waals surface area contributed by atoms with Crippen LogP contribution >= 0.6 is 0 Å². The summed E-state index contributed by atoms with van der Waals surface area (Å²) in [6, 6.07) is 2.02. The van der Waals surface area contributed by atoms with Gasteiger partial charge in [0, 0.05) is 35.7 Å². The van der Waals surface area contributed by atoms with E-state index in [0.717, 1.165) is 33.2 Å². The summed E-state index contributed by atoms with van der Waals surface area (Å²) >= 11 is 0. The van der Waals surface area contributed by atoms with E-state index in [0.29, 0.717) is 31.7 Å². The van der Waals surface area contributed by atoms with Gasteiger partial charge in [0.05, 0.1) is 26.4 Å². The molecule has 1 saturated heterocycles. The van der Waals surface area contributed by atoms with E-state index < -0.39 is 0 Å². The molecule has 1 aromatic carbocycles.